The largest absolute Gasteiger partial charge is 0.481 e. The average molecular weight is 228 g/mol. The van der Waals surface area contributed by atoms with Crippen LogP contribution in [0.4, 0.5) is 0 Å². The Morgan fingerprint density at radius 2 is 1.62 bits per heavy atom. The van der Waals surface area contributed by atoms with Gasteiger partial charge in [0.15, 0.2) is 5.92 Å². The molecule has 6 nitrogen and oxygen atoms in total. The van der Waals surface area contributed by atoms with Gasteiger partial charge >= 0.3 is 17.9 Å². The van der Waals surface area contributed by atoms with Gasteiger partial charge in [-0.3, -0.25) is 14.4 Å². The lowest BCUT2D eigenvalue weighted by atomic mass is 9.73. The molecule has 0 spiro atoms. The van der Waals surface area contributed by atoms with Gasteiger partial charge in [-0.1, -0.05) is 12.2 Å². The van der Waals surface area contributed by atoms with Gasteiger partial charge in [-0.2, -0.15) is 0 Å². The number of esters is 2. The van der Waals surface area contributed by atoms with E-state index in [1.165, 1.54) is 12.2 Å². The first-order chi connectivity index (χ1) is 7.52. The van der Waals surface area contributed by atoms with Crippen molar-refractivity contribution in [3.63, 3.8) is 0 Å². The van der Waals surface area contributed by atoms with Gasteiger partial charge in [0.05, 0.1) is 20.1 Å². The molecule has 0 aromatic carbocycles. The van der Waals surface area contributed by atoms with Crippen LogP contribution in [-0.4, -0.2) is 37.2 Å². The number of rotatable bonds is 4. The molecule has 1 aliphatic carbocycles. The van der Waals surface area contributed by atoms with Crippen LogP contribution in [0.5, 0.6) is 0 Å². The van der Waals surface area contributed by atoms with E-state index in [1.54, 1.807) is 0 Å². The summed E-state index contributed by atoms with van der Waals surface area (Å²) < 4.78 is 8.91. The molecule has 0 amide bonds. The van der Waals surface area contributed by atoms with Crippen LogP contribution in [-0.2, 0) is 23.9 Å². The summed E-state index contributed by atoms with van der Waals surface area (Å²) in [6.07, 6.45) is 2.92. The molecule has 1 rings (SSSR count). The Labute approximate surface area is 91.8 Å². The average Bonchev–Trinajstić information content (AvgIpc) is 2.20. The maximum atomic E-state index is 11.4. The Morgan fingerprint density at radius 1 is 1.12 bits per heavy atom. The number of hydrogen-bond donors (Lipinski definition) is 1. The quantitative estimate of drug-likeness (QED) is 0.408. The topological polar surface area (TPSA) is 89.9 Å². The number of allylic oxidation sites excluding steroid dienone is 1. The van der Waals surface area contributed by atoms with Crippen LogP contribution in [0.25, 0.3) is 0 Å². The van der Waals surface area contributed by atoms with E-state index in [9.17, 15) is 14.4 Å². The minimum absolute atomic E-state index is 0.697. The molecule has 1 N–H and O–H groups in total. The standard InChI is InChI=1S/C10H12O6/c1-15-9(13)7(10(14)16-2)5-3-4-6(5)8(11)12/h3-7H,1-2H3,(H,11,12)/t5-,6+/m1/s1. The third-order valence-electron chi connectivity index (χ3n) is 2.54. The maximum absolute atomic E-state index is 11.4. The Morgan fingerprint density at radius 3 is 1.88 bits per heavy atom. The molecular weight excluding hydrogens is 216 g/mol. The Kier molecular flexibility index (Phi) is 3.65. The molecule has 0 saturated heterocycles. The summed E-state index contributed by atoms with van der Waals surface area (Å²) in [7, 11) is 2.27. The molecule has 88 valence electrons. The highest BCUT2D eigenvalue weighted by Gasteiger charge is 2.45. The number of carboxylic acid groups (broad SMARTS) is 1. The summed E-state index contributed by atoms with van der Waals surface area (Å²) in [6.45, 7) is 0. The van der Waals surface area contributed by atoms with Gasteiger partial charge in [-0.25, -0.2) is 0 Å². The Hall–Kier alpha value is -1.85. The zero-order valence-corrected chi connectivity index (χ0v) is 8.88. The van der Waals surface area contributed by atoms with Gasteiger partial charge in [-0.15, -0.1) is 0 Å². The number of methoxy groups -OCH3 is 2. The predicted octanol–water partition coefficient (Wildman–Crippen LogP) is -0.165. The zero-order chi connectivity index (χ0) is 12.3. The smallest absolute Gasteiger partial charge is 0.320 e. The van der Waals surface area contributed by atoms with Crippen molar-refractivity contribution >= 4 is 17.9 Å². The summed E-state index contributed by atoms with van der Waals surface area (Å²) in [5.74, 6) is -5.40. The fourth-order valence-corrected chi connectivity index (χ4v) is 1.58. The number of ether oxygens (including phenoxy) is 2. The molecule has 0 saturated carbocycles. The first-order valence-corrected chi connectivity index (χ1v) is 4.59. The van der Waals surface area contributed by atoms with E-state index in [4.69, 9.17) is 5.11 Å². The molecule has 0 bridgehead atoms. The number of carboxylic acids is 1. The van der Waals surface area contributed by atoms with Crippen LogP contribution >= 0.6 is 0 Å². The first kappa shape index (κ1) is 12.2. The van der Waals surface area contributed by atoms with Crippen molar-refractivity contribution in [3.05, 3.63) is 12.2 Å². The van der Waals surface area contributed by atoms with Crippen molar-refractivity contribution in [2.24, 2.45) is 17.8 Å². The second-order valence-electron chi connectivity index (χ2n) is 3.35. The van der Waals surface area contributed by atoms with E-state index >= 15 is 0 Å². The van der Waals surface area contributed by atoms with Gasteiger partial charge in [0.25, 0.3) is 0 Å². The first-order valence-electron chi connectivity index (χ1n) is 4.59. The molecule has 0 aromatic rings. The van der Waals surface area contributed by atoms with Gasteiger partial charge in [0.1, 0.15) is 0 Å². The van der Waals surface area contributed by atoms with Crippen LogP contribution in [0.3, 0.4) is 0 Å². The van der Waals surface area contributed by atoms with E-state index in [0.717, 1.165) is 14.2 Å². The molecule has 1 aliphatic rings. The summed E-state index contributed by atoms with van der Waals surface area (Å²) in [4.78, 5) is 33.5. The molecule has 0 aliphatic heterocycles. The van der Waals surface area contributed by atoms with Gasteiger partial charge in [-0.05, 0) is 0 Å². The Bertz CT molecular complexity index is 329. The van der Waals surface area contributed by atoms with E-state index in [-0.39, 0.29) is 0 Å². The van der Waals surface area contributed by atoms with E-state index in [0.29, 0.717) is 0 Å². The van der Waals surface area contributed by atoms with Gasteiger partial charge < -0.3 is 14.6 Å². The molecule has 0 heterocycles. The fraction of sp³-hybridized carbons (Fsp3) is 0.500. The maximum Gasteiger partial charge on any atom is 0.320 e. The Balaban J connectivity index is 2.87. The summed E-state index contributed by atoms with van der Waals surface area (Å²) in [6, 6.07) is 0. The highest BCUT2D eigenvalue weighted by molar-refractivity contribution is 5.96. The molecular formula is C10H12O6. The molecule has 2 atom stereocenters. The third kappa shape index (κ3) is 2.05. The predicted molar refractivity (Wildman–Crippen MR) is 51.3 cm³/mol. The second-order valence-corrected chi connectivity index (χ2v) is 3.35. The molecule has 0 radical (unpaired) electrons. The van der Waals surface area contributed by atoms with Crippen molar-refractivity contribution in [1.82, 2.24) is 0 Å². The zero-order valence-electron chi connectivity index (χ0n) is 8.88. The molecule has 6 heteroatoms. The monoisotopic (exact) mass is 228 g/mol. The highest BCUT2D eigenvalue weighted by Crippen LogP contribution is 2.34. The molecule has 0 fully saturated rings. The van der Waals surface area contributed by atoms with Crippen molar-refractivity contribution in [1.29, 1.82) is 0 Å². The molecule has 0 aromatic heterocycles. The van der Waals surface area contributed by atoms with Crippen LogP contribution in [0.2, 0.25) is 0 Å². The van der Waals surface area contributed by atoms with Crippen molar-refractivity contribution in [2.75, 3.05) is 14.2 Å². The van der Waals surface area contributed by atoms with Gasteiger partial charge in [0, 0.05) is 5.92 Å². The van der Waals surface area contributed by atoms with E-state index < -0.39 is 35.7 Å². The normalized spacial score (nSPS) is 22.4. The van der Waals surface area contributed by atoms with Crippen molar-refractivity contribution in [2.45, 2.75) is 0 Å². The van der Waals surface area contributed by atoms with Crippen molar-refractivity contribution < 1.29 is 29.0 Å². The third-order valence-corrected chi connectivity index (χ3v) is 2.54. The van der Waals surface area contributed by atoms with Crippen LogP contribution in [0.1, 0.15) is 0 Å². The van der Waals surface area contributed by atoms with E-state index in [1.807, 2.05) is 0 Å². The number of carbonyl (C=O) groups excluding carboxylic acids is 2. The minimum Gasteiger partial charge on any atom is -0.481 e. The lowest BCUT2D eigenvalue weighted by molar-refractivity contribution is -0.162. The number of hydrogen-bond acceptors (Lipinski definition) is 5. The summed E-state index contributed by atoms with van der Waals surface area (Å²) >= 11 is 0. The fourth-order valence-electron chi connectivity index (χ4n) is 1.58. The SMILES string of the molecule is COC(=O)C(C(=O)OC)[C@@H]1C=C[C@@H]1C(=O)O. The number of aliphatic carboxylic acids is 1. The number of carbonyl (C=O) groups is 3. The van der Waals surface area contributed by atoms with Crippen molar-refractivity contribution in [3.8, 4) is 0 Å². The highest BCUT2D eigenvalue weighted by atomic mass is 16.5. The second kappa shape index (κ2) is 4.78. The van der Waals surface area contributed by atoms with E-state index in [2.05, 4.69) is 9.47 Å². The lowest BCUT2D eigenvalue weighted by Crippen LogP contribution is -2.41. The molecule has 0 unspecified atom stereocenters. The minimum atomic E-state index is -1.21. The van der Waals surface area contributed by atoms with Crippen LogP contribution < -0.4 is 0 Å². The molecule has 16 heavy (non-hydrogen) atoms. The van der Waals surface area contributed by atoms with Crippen LogP contribution in [0.15, 0.2) is 12.2 Å². The van der Waals surface area contributed by atoms with Gasteiger partial charge in [0.2, 0.25) is 0 Å². The summed E-state index contributed by atoms with van der Waals surface area (Å²) in [5, 5.41) is 8.81. The van der Waals surface area contributed by atoms with Crippen LogP contribution in [0, 0.1) is 17.8 Å². The lowest BCUT2D eigenvalue weighted by Gasteiger charge is -2.30. The summed E-state index contributed by atoms with van der Waals surface area (Å²) in [5.41, 5.74) is 0.